The zero-order chi connectivity index (χ0) is 41.4. The van der Waals surface area contributed by atoms with Crippen molar-refractivity contribution in [3.63, 3.8) is 0 Å². The molecule has 0 saturated heterocycles. The van der Waals surface area contributed by atoms with Gasteiger partial charge in [0.05, 0.1) is 0 Å². The smallest absolute Gasteiger partial charge is 0.128 e. The van der Waals surface area contributed by atoms with Crippen molar-refractivity contribution in [2.75, 3.05) is 0 Å². The van der Waals surface area contributed by atoms with E-state index < -0.39 is 0 Å². The second kappa shape index (κ2) is 17.7. The van der Waals surface area contributed by atoms with Crippen molar-refractivity contribution < 1.29 is 9.47 Å². The van der Waals surface area contributed by atoms with Crippen LogP contribution in [-0.2, 0) is 5.41 Å². The summed E-state index contributed by atoms with van der Waals surface area (Å²) in [6.45, 7) is 4.57. The molecule has 0 fully saturated rings. The Hall–Kier alpha value is -7.68. The summed E-state index contributed by atoms with van der Waals surface area (Å²) in [6.07, 6.45) is 0. The Bertz CT molecular complexity index is 2930. The van der Waals surface area contributed by atoms with Gasteiger partial charge in [-0.3, -0.25) is 0 Å². The van der Waals surface area contributed by atoms with Crippen molar-refractivity contribution in [3.05, 3.63) is 254 Å². The second-order valence-corrected chi connectivity index (χ2v) is 15.8. The van der Waals surface area contributed by atoms with Crippen LogP contribution in [0.3, 0.4) is 0 Å². The van der Waals surface area contributed by atoms with Gasteiger partial charge in [-0.05, 0) is 114 Å². The van der Waals surface area contributed by atoms with Gasteiger partial charge in [0.1, 0.15) is 23.0 Å². The lowest BCUT2D eigenvalue weighted by Crippen LogP contribution is -2.18. The van der Waals surface area contributed by atoms with Gasteiger partial charge in [-0.15, -0.1) is 0 Å². The van der Waals surface area contributed by atoms with E-state index in [1.54, 1.807) is 0 Å². The van der Waals surface area contributed by atoms with E-state index in [9.17, 15) is 0 Å². The topological polar surface area (TPSA) is 18.5 Å². The van der Waals surface area contributed by atoms with E-state index in [1.807, 2.05) is 72.8 Å². The van der Waals surface area contributed by atoms with Gasteiger partial charge in [0, 0.05) is 5.41 Å². The summed E-state index contributed by atoms with van der Waals surface area (Å²) in [6, 6.07) is 83.9. The highest BCUT2D eigenvalue weighted by Gasteiger charge is 2.22. The van der Waals surface area contributed by atoms with Crippen molar-refractivity contribution in [2.24, 2.45) is 0 Å². The summed E-state index contributed by atoms with van der Waals surface area (Å²) in [5.74, 6) is 3.46. The van der Waals surface area contributed by atoms with Crippen LogP contribution in [0.25, 0.3) is 53.9 Å². The molecule has 2 heteroatoms. The van der Waals surface area contributed by atoms with E-state index in [-0.39, 0.29) is 5.41 Å². The molecule has 0 saturated carbocycles. The number of ether oxygens (including phenoxy) is 2. The summed E-state index contributed by atoms with van der Waals surface area (Å²) in [5, 5.41) is 12.3. The van der Waals surface area contributed by atoms with Gasteiger partial charge in [0.2, 0.25) is 0 Å². The Morgan fingerprint density at radius 1 is 0.230 bits per heavy atom. The summed E-state index contributed by atoms with van der Waals surface area (Å²) in [4.78, 5) is 0. The molecule has 0 aliphatic rings. The third kappa shape index (κ3) is 9.15. The fourth-order valence-corrected chi connectivity index (χ4v) is 7.80. The number of hydrogen-bond donors (Lipinski definition) is 0. The zero-order valence-corrected chi connectivity index (χ0v) is 34.4. The maximum Gasteiger partial charge on any atom is 0.128 e. The van der Waals surface area contributed by atoms with Crippen molar-refractivity contribution in [3.8, 4) is 23.0 Å². The number of fused-ring (bicyclic) bond motifs is 5. The van der Waals surface area contributed by atoms with E-state index in [4.69, 9.17) is 9.47 Å². The first-order valence-electron chi connectivity index (χ1n) is 20.8. The Balaban J connectivity index is 0.000000117. The van der Waals surface area contributed by atoms with Gasteiger partial charge >= 0.3 is 0 Å². The minimum Gasteiger partial charge on any atom is -0.457 e. The zero-order valence-electron chi connectivity index (χ0n) is 34.4. The molecule has 0 aliphatic carbocycles. The molecule has 294 valence electrons. The minimum absolute atomic E-state index is 0.0330. The highest BCUT2D eigenvalue weighted by Crippen LogP contribution is 2.34. The predicted octanol–water partition coefficient (Wildman–Crippen LogP) is 16.7. The molecule has 11 rings (SSSR count). The summed E-state index contributed by atoms with van der Waals surface area (Å²) < 4.78 is 12.0. The third-order valence-corrected chi connectivity index (χ3v) is 11.3. The van der Waals surface area contributed by atoms with Crippen LogP contribution in [0.5, 0.6) is 23.0 Å². The molecule has 0 spiro atoms. The fourth-order valence-electron chi connectivity index (χ4n) is 7.80. The average Bonchev–Trinajstić information content (AvgIpc) is 3.32. The van der Waals surface area contributed by atoms with Crippen LogP contribution in [0.2, 0.25) is 0 Å². The van der Waals surface area contributed by atoms with Crippen LogP contribution in [0.4, 0.5) is 0 Å². The maximum atomic E-state index is 5.99. The van der Waals surface area contributed by atoms with E-state index in [0.717, 1.165) is 23.0 Å². The Morgan fingerprint density at radius 2 is 0.492 bits per heavy atom. The molecule has 0 radical (unpaired) electrons. The molecule has 0 heterocycles. The Kier molecular flexibility index (Phi) is 11.2. The fraction of sp³-hybridized carbons (Fsp3) is 0.0508. The summed E-state index contributed by atoms with van der Waals surface area (Å²) in [7, 11) is 0. The number of hydrogen-bond acceptors (Lipinski definition) is 2. The van der Waals surface area contributed by atoms with Gasteiger partial charge in [-0.25, -0.2) is 0 Å². The third-order valence-electron chi connectivity index (χ3n) is 11.3. The van der Waals surface area contributed by atoms with E-state index in [2.05, 4.69) is 184 Å². The lowest BCUT2D eigenvalue weighted by molar-refractivity contribution is 0.484. The first-order chi connectivity index (χ1) is 29.9. The van der Waals surface area contributed by atoms with Gasteiger partial charge in [0.15, 0.2) is 0 Å². The van der Waals surface area contributed by atoms with Gasteiger partial charge in [-0.1, -0.05) is 208 Å². The quantitative estimate of drug-likeness (QED) is 0.167. The van der Waals surface area contributed by atoms with Crippen molar-refractivity contribution in [1.29, 1.82) is 0 Å². The van der Waals surface area contributed by atoms with E-state index in [1.165, 1.54) is 65.0 Å². The molecule has 11 aromatic rings. The SMILES string of the molecule is CC(C)(c1ccccc1)c1ccc2ccccc2c1.c1ccc2cc(Oc3ccc4ccccc4c3)ccc2c1.c1ccc2cc(Oc3ccc4ccccc4c3)ccc2c1. The molecule has 0 unspecified atom stereocenters. The Labute approximate surface area is 357 Å². The van der Waals surface area contributed by atoms with Crippen molar-refractivity contribution in [2.45, 2.75) is 19.3 Å². The van der Waals surface area contributed by atoms with Crippen LogP contribution in [0.15, 0.2) is 243 Å². The largest absolute Gasteiger partial charge is 0.457 e. The summed E-state index contributed by atoms with van der Waals surface area (Å²) in [5.41, 5.74) is 2.74. The molecule has 0 aromatic heterocycles. The van der Waals surface area contributed by atoms with Crippen LogP contribution in [0, 0.1) is 0 Å². The normalized spacial score (nSPS) is 11.1. The molecule has 0 aliphatic heterocycles. The molecule has 0 amide bonds. The summed E-state index contributed by atoms with van der Waals surface area (Å²) >= 11 is 0. The minimum atomic E-state index is 0.0330. The molecular weight excluding hydrogens is 741 g/mol. The first kappa shape index (κ1) is 38.8. The lowest BCUT2D eigenvalue weighted by atomic mass is 9.77. The average molecular weight is 787 g/mol. The highest BCUT2D eigenvalue weighted by molar-refractivity contribution is 5.87. The van der Waals surface area contributed by atoms with Crippen molar-refractivity contribution >= 4 is 53.9 Å². The Morgan fingerprint density at radius 3 is 0.820 bits per heavy atom. The molecule has 61 heavy (non-hydrogen) atoms. The number of benzene rings is 11. The maximum absolute atomic E-state index is 5.99. The standard InChI is InChI=1S/2C20H14O.C19H18/c2*1-3-7-17-13-19(11-9-15(17)5-1)21-20-12-10-16-6-2-4-8-18(16)14-20;1-19(2,17-10-4-3-5-11-17)18-13-12-15-8-6-7-9-16(15)14-18/h2*1-14H;3-14H,1-2H3. The predicted molar refractivity (Wildman–Crippen MR) is 258 cm³/mol. The second-order valence-electron chi connectivity index (χ2n) is 15.8. The molecule has 0 N–H and O–H groups in total. The van der Waals surface area contributed by atoms with E-state index >= 15 is 0 Å². The lowest BCUT2D eigenvalue weighted by Gasteiger charge is -2.26. The van der Waals surface area contributed by atoms with Gasteiger partial charge in [0.25, 0.3) is 0 Å². The van der Waals surface area contributed by atoms with Crippen molar-refractivity contribution in [1.82, 2.24) is 0 Å². The molecule has 0 bridgehead atoms. The molecular formula is C59H46O2. The number of rotatable bonds is 6. The van der Waals surface area contributed by atoms with Gasteiger partial charge < -0.3 is 9.47 Å². The van der Waals surface area contributed by atoms with Crippen LogP contribution in [-0.4, -0.2) is 0 Å². The van der Waals surface area contributed by atoms with Gasteiger partial charge in [-0.2, -0.15) is 0 Å². The first-order valence-corrected chi connectivity index (χ1v) is 20.8. The van der Waals surface area contributed by atoms with E-state index in [0.29, 0.717) is 0 Å². The van der Waals surface area contributed by atoms with Crippen LogP contribution < -0.4 is 9.47 Å². The monoisotopic (exact) mass is 786 g/mol. The molecule has 11 aromatic carbocycles. The highest BCUT2D eigenvalue weighted by atomic mass is 16.5. The molecule has 0 atom stereocenters. The van der Waals surface area contributed by atoms with Crippen LogP contribution in [0.1, 0.15) is 25.0 Å². The molecule has 2 nitrogen and oxygen atoms in total. The van der Waals surface area contributed by atoms with Crippen LogP contribution >= 0.6 is 0 Å².